The summed E-state index contributed by atoms with van der Waals surface area (Å²) in [6.45, 7) is 4.04. The third-order valence-electron chi connectivity index (χ3n) is 5.05. The Labute approximate surface area is 141 Å². The second kappa shape index (κ2) is 5.78. The highest BCUT2D eigenvalue weighted by Gasteiger charge is 2.25. The maximum absolute atomic E-state index is 12.8. The van der Waals surface area contributed by atoms with Crippen LogP contribution in [-0.4, -0.2) is 47.8 Å². The molecule has 0 radical (unpaired) electrons. The third-order valence-corrected chi connectivity index (χ3v) is 5.05. The van der Waals surface area contributed by atoms with Crippen LogP contribution in [0, 0.1) is 0 Å². The maximum Gasteiger partial charge on any atom is 0.253 e. The number of carbonyl (C=O) groups is 2. The summed E-state index contributed by atoms with van der Waals surface area (Å²) in [5.74, 6) is 0.148. The summed E-state index contributed by atoms with van der Waals surface area (Å²) in [4.78, 5) is 27.8. The Balaban J connectivity index is 1.53. The minimum Gasteiger partial charge on any atom is -0.339 e. The molecule has 0 bridgehead atoms. The van der Waals surface area contributed by atoms with Gasteiger partial charge >= 0.3 is 0 Å². The van der Waals surface area contributed by atoms with Gasteiger partial charge in [-0.25, -0.2) is 0 Å². The Bertz CT molecular complexity index is 820. The van der Waals surface area contributed by atoms with E-state index in [1.807, 2.05) is 17.0 Å². The van der Waals surface area contributed by atoms with E-state index in [1.165, 1.54) is 22.3 Å². The lowest BCUT2D eigenvalue weighted by atomic mass is 10.0. The van der Waals surface area contributed by atoms with E-state index < -0.39 is 0 Å². The van der Waals surface area contributed by atoms with Crippen molar-refractivity contribution in [3.63, 3.8) is 0 Å². The Hall–Kier alpha value is -2.62. The van der Waals surface area contributed by atoms with Crippen molar-refractivity contribution in [2.45, 2.75) is 13.3 Å². The van der Waals surface area contributed by atoms with Crippen LogP contribution in [0.4, 0.5) is 0 Å². The van der Waals surface area contributed by atoms with Gasteiger partial charge in [0, 0.05) is 38.7 Å². The van der Waals surface area contributed by atoms with Crippen LogP contribution in [-0.2, 0) is 11.2 Å². The fraction of sp³-hybridized carbons (Fsp3) is 0.300. The first-order chi connectivity index (χ1) is 11.6. The van der Waals surface area contributed by atoms with E-state index in [0.29, 0.717) is 26.2 Å². The predicted octanol–water partition coefficient (Wildman–Crippen LogP) is 2.56. The van der Waals surface area contributed by atoms with E-state index in [2.05, 4.69) is 30.3 Å². The number of nitrogens with zero attached hydrogens (tertiary/aromatic N) is 2. The first kappa shape index (κ1) is 14.9. The van der Waals surface area contributed by atoms with Crippen LogP contribution in [0.3, 0.4) is 0 Å². The molecule has 0 unspecified atom stereocenters. The van der Waals surface area contributed by atoms with Crippen molar-refractivity contribution in [2.75, 3.05) is 26.2 Å². The molecule has 0 atom stereocenters. The molecule has 1 fully saturated rings. The molecule has 2 aliphatic rings. The van der Waals surface area contributed by atoms with Crippen LogP contribution >= 0.6 is 0 Å². The molecule has 4 heteroatoms. The van der Waals surface area contributed by atoms with Gasteiger partial charge in [-0.15, -0.1) is 0 Å². The summed E-state index contributed by atoms with van der Waals surface area (Å²) in [5, 5.41) is 0. The topological polar surface area (TPSA) is 40.6 Å². The summed E-state index contributed by atoms with van der Waals surface area (Å²) < 4.78 is 0. The monoisotopic (exact) mass is 320 g/mol. The summed E-state index contributed by atoms with van der Waals surface area (Å²) in [6.07, 6.45) is 0.894. The molecule has 1 heterocycles. The predicted molar refractivity (Wildman–Crippen MR) is 92.8 cm³/mol. The fourth-order valence-corrected chi connectivity index (χ4v) is 3.69. The van der Waals surface area contributed by atoms with Gasteiger partial charge in [-0.3, -0.25) is 9.59 Å². The van der Waals surface area contributed by atoms with Gasteiger partial charge in [0.2, 0.25) is 5.91 Å². The normalized spacial score (nSPS) is 15.9. The van der Waals surface area contributed by atoms with Crippen molar-refractivity contribution in [1.82, 2.24) is 9.80 Å². The van der Waals surface area contributed by atoms with E-state index in [9.17, 15) is 9.59 Å². The second-order valence-electron chi connectivity index (χ2n) is 6.50. The fourth-order valence-electron chi connectivity index (χ4n) is 3.69. The maximum atomic E-state index is 12.8. The number of benzene rings is 2. The van der Waals surface area contributed by atoms with Gasteiger partial charge < -0.3 is 9.80 Å². The van der Waals surface area contributed by atoms with Crippen LogP contribution in [0.5, 0.6) is 0 Å². The summed E-state index contributed by atoms with van der Waals surface area (Å²) in [6, 6.07) is 14.4. The standard InChI is InChI=1S/C20H20N2O2/c1-14(23)21-8-10-22(11-9-21)20(24)16-6-7-19-17(13-16)12-15-4-2-3-5-18(15)19/h2-7,13H,8-12H2,1H3. The molecule has 1 saturated heterocycles. The summed E-state index contributed by atoms with van der Waals surface area (Å²) >= 11 is 0. The molecular weight excluding hydrogens is 300 g/mol. The highest BCUT2D eigenvalue weighted by atomic mass is 16.2. The van der Waals surface area contributed by atoms with Gasteiger partial charge in [-0.1, -0.05) is 30.3 Å². The molecule has 122 valence electrons. The second-order valence-corrected chi connectivity index (χ2v) is 6.50. The van der Waals surface area contributed by atoms with Crippen molar-refractivity contribution in [2.24, 2.45) is 0 Å². The zero-order chi connectivity index (χ0) is 16.7. The average molecular weight is 320 g/mol. The molecule has 1 aliphatic heterocycles. The lowest BCUT2D eigenvalue weighted by Crippen LogP contribution is -2.50. The first-order valence-electron chi connectivity index (χ1n) is 8.39. The van der Waals surface area contributed by atoms with Gasteiger partial charge in [-0.05, 0) is 40.8 Å². The number of fused-ring (bicyclic) bond motifs is 3. The average Bonchev–Trinajstić information content (AvgIpc) is 2.99. The molecule has 4 rings (SSSR count). The molecule has 0 saturated carbocycles. The molecule has 0 spiro atoms. The lowest BCUT2D eigenvalue weighted by molar-refractivity contribution is -0.130. The van der Waals surface area contributed by atoms with Crippen molar-refractivity contribution >= 4 is 11.8 Å². The number of hydrogen-bond donors (Lipinski definition) is 0. The molecule has 0 aromatic heterocycles. The molecule has 1 aliphatic carbocycles. The Kier molecular flexibility index (Phi) is 3.60. The highest BCUT2D eigenvalue weighted by Crippen LogP contribution is 2.36. The van der Waals surface area contributed by atoms with Crippen molar-refractivity contribution in [3.05, 3.63) is 59.2 Å². The Morgan fingerprint density at radius 1 is 0.833 bits per heavy atom. The van der Waals surface area contributed by atoms with Crippen molar-refractivity contribution < 1.29 is 9.59 Å². The van der Waals surface area contributed by atoms with Crippen LogP contribution in [0.15, 0.2) is 42.5 Å². The minimum atomic E-state index is 0.0666. The van der Waals surface area contributed by atoms with E-state index in [0.717, 1.165) is 12.0 Å². The number of piperazine rings is 1. The van der Waals surface area contributed by atoms with Crippen molar-refractivity contribution in [3.8, 4) is 11.1 Å². The van der Waals surface area contributed by atoms with E-state index in [4.69, 9.17) is 0 Å². The largest absolute Gasteiger partial charge is 0.339 e. The lowest BCUT2D eigenvalue weighted by Gasteiger charge is -2.34. The Morgan fingerprint density at radius 3 is 2.25 bits per heavy atom. The minimum absolute atomic E-state index is 0.0666. The number of hydrogen-bond acceptors (Lipinski definition) is 2. The molecule has 0 N–H and O–H groups in total. The van der Waals surface area contributed by atoms with Gasteiger partial charge in [0.25, 0.3) is 5.91 Å². The van der Waals surface area contributed by atoms with Crippen LogP contribution in [0.2, 0.25) is 0 Å². The van der Waals surface area contributed by atoms with Crippen LogP contribution < -0.4 is 0 Å². The highest BCUT2D eigenvalue weighted by molar-refractivity contribution is 5.96. The van der Waals surface area contributed by atoms with E-state index in [-0.39, 0.29) is 11.8 Å². The third kappa shape index (κ3) is 2.48. The first-order valence-corrected chi connectivity index (χ1v) is 8.39. The van der Waals surface area contributed by atoms with E-state index >= 15 is 0 Å². The smallest absolute Gasteiger partial charge is 0.253 e. The van der Waals surface area contributed by atoms with Crippen molar-refractivity contribution in [1.29, 1.82) is 0 Å². The molecule has 4 nitrogen and oxygen atoms in total. The molecule has 24 heavy (non-hydrogen) atoms. The number of amides is 2. The van der Waals surface area contributed by atoms with Crippen LogP contribution in [0.25, 0.3) is 11.1 Å². The number of carbonyl (C=O) groups excluding carboxylic acids is 2. The zero-order valence-corrected chi connectivity index (χ0v) is 13.8. The van der Waals surface area contributed by atoms with Gasteiger partial charge in [0.05, 0.1) is 0 Å². The summed E-state index contributed by atoms with van der Waals surface area (Å²) in [5.41, 5.74) is 5.82. The Morgan fingerprint density at radius 2 is 1.50 bits per heavy atom. The molecule has 2 aromatic carbocycles. The quantitative estimate of drug-likeness (QED) is 0.691. The van der Waals surface area contributed by atoms with Gasteiger partial charge in [0.1, 0.15) is 0 Å². The summed E-state index contributed by atoms with van der Waals surface area (Å²) in [7, 11) is 0. The molecule has 2 aromatic rings. The molecular formula is C20H20N2O2. The van der Waals surface area contributed by atoms with Gasteiger partial charge in [-0.2, -0.15) is 0 Å². The van der Waals surface area contributed by atoms with Crippen LogP contribution in [0.1, 0.15) is 28.4 Å². The number of rotatable bonds is 1. The zero-order valence-electron chi connectivity index (χ0n) is 13.8. The molecule has 2 amide bonds. The van der Waals surface area contributed by atoms with E-state index in [1.54, 1.807) is 11.8 Å². The SMILES string of the molecule is CC(=O)N1CCN(C(=O)c2ccc3c(c2)Cc2ccccc2-3)CC1. The van der Waals surface area contributed by atoms with Gasteiger partial charge in [0.15, 0.2) is 0 Å².